The standard InChI is InChI=1S/C12H9Br2N3O/c13-8-1-4-10(5-2-8)16-12(18)17-11-6-3-9(14)7-15-11/h1-7H,(H2,15,16,17,18). The van der Waals surface area contributed by atoms with Gasteiger partial charge in [0.15, 0.2) is 0 Å². The first-order chi connectivity index (χ1) is 8.63. The molecule has 2 N–H and O–H groups in total. The van der Waals surface area contributed by atoms with E-state index in [1.165, 1.54) is 0 Å². The average molecular weight is 371 g/mol. The molecule has 1 aromatic heterocycles. The Balaban J connectivity index is 1.96. The van der Waals surface area contributed by atoms with Crippen LogP contribution < -0.4 is 10.6 Å². The number of aromatic nitrogens is 1. The zero-order valence-corrected chi connectivity index (χ0v) is 12.3. The maximum atomic E-state index is 11.7. The number of nitrogens with one attached hydrogen (secondary N) is 2. The van der Waals surface area contributed by atoms with Gasteiger partial charge in [0.25, 0.3) is 0 Å². The molecule has 0 atom stereocenters. The van der Waals surface area contributed by atoms with E-state index in [1.54, 1.807) is 24.4 Å². The van der Waals surface area contributed by atoms with Crippen LogP contribution in [0, 0.1) is 0 Å². The first-order valence-electron chi connectivity index (χ1n) is 5.08. The molecule has 0 saturated heterocycles. The number of benzene rings is 1. The van der Waals surface area contributed by atoms with Crippen LogP contribution in [0.4, 0.5) is 16.3 Å². The van der Waals surface area contributed by atoms with Crippen molar-refractivity contribution in [1.29, 1.82) is 0 Å². The Morgan fingerprint density at radius 2 is 1.61 bits per heavy atom. The van der Waals surface area contributed by atoms with Gasteiger partial charge in [-0.2, -0.15) is 0 Å². The molecule has 0 aliphatic carbocycles. The second-order valence-corrected chi connectivity index (χ2v) is 5.28. The molecule has 0 saturated carbocycles. The molecule has 18 heavy (non-hydrogen) atoms. The smallest absolute Gasteiger partial charge is 0.308 e. The fourth-order valence-electron chi connectivity index (χ4n) is 1.26. The van der Waals surface area contributed by atoms with Crippen LogP contribution in [0.5, 0.6) is 0 Å². The van der Waals surface area contributed by atoms with E-state index in [1.807, 2.05) is 18.2 Å². The Morgan fingerprint density at radius 3 is 2.22 bits per heavy atom. The van der Waals surface area contributed by atoms with Crippen LogP contribution in [0.25, 0.3) is 0 Å². The number of carbonyl (C=O) groups excluding carboxylic acids is 1. The van der Waals surface area contributed by atoms with Crippen molar-refractivity contribution in [3.05, 3.63) is 51.5 Å². The molecular weight excluding hydrogens is 362 g/mol. The van der Waals surface area contributed by atoms with Crippen LogP contribution in [0.3, 0.4) is 0 Å². The lowest BCUT2D eigenvalue weighted by atomic mass is 10.3. The highest BCUT2D eigenvalue weighted by Crippen LogP contribution is 2.15. The van der Waals surface area contributed by atoms with Crippen LogP contribution in [-0.2, 0) is 0 Å². The van der Waals surface area contributed by atoms with Gasteiger partial charge in [-0.1, -0.05) is 15.9 Å². The second kappa shape index (κ2) is 5.97. The summed E-state index contributed by atoms with van der Waals surface area (Å²) in [7, 11) is 0. The molecule has 6 heteroatoms. The molecule has 1 aromatic carbocycles. The van der Waals surface area contributed by atoms with Crippen molar-refractivity contribution in [2.24, 2.45) is 0 Å². The van der Waals surface area contributed by atoms with Gasteiger partial charge in [-0.25, -0.2) is 9.78 Å². The summed E-state index contributed by atoms with van der Waals surface area (Å²) in [5, 5.41) is 5.35. The maximum Gasteiger partial charge on any atom is 0.324 e. The number of carbonyl (C=O) groups is 1. The summed E-state index contributed by atoms with van der Waals surface area (Å²) in [6, 6.07) is 10.5. The SMILES string of the molecule is O=C(Nc1ccc(Br)cc1)Nc1ccc(Br)cn1. The van der Waals surface area contributed by atoms with Crippen molar-refractivity contribution < 1.29 is 4.79 Å². The molecule has 1 heterocycles. The molecule has 2 rings (SSSR count). The minimum atomic E-state index is -0.327. The zero-order valence-electron chi connectivity index (χ0n) is 9.15. The second-order valence-electron chi connectivity index (χ2n) is 3.45. The van der Waals surface area contributed by atoms with Crippen molar-refractivity contribution in [3.63, 3.8) is 0 Å². The van der Waals surface area contributed by atoms with Crippen LogP contribution >= 0.6 is 31.9 Å². The predicted octanol–water partition coefficient (Wildman–Crippen LogP) is 4.25. The first-order valence-corrected chi connectivity index (χ1v) is 6.67. The highest BCUT2D eigenvalue weighted by Gasteiger charge is 2.03. The molecule has 92 valence electrons. The highest BCUT2D eigenvalue weighted by atomic mass is 79.9. The third-order valence-electron chi connectivity index (χ3n) is 2.07. The molecule has 4 nitrogen and oxygen atoms in total. The molecule has 2 aromatic rings. The van der Waals surface area contributed by atoms with Gasteiger partial charge < -0.3 is 5.32 Å². The highest BCUT2D eigenvalue weighted by molar-refractivity contribution is 9.10. The largest absolute Gasteiger partial charge is 0.324 e. The Labute approximate surface area is 121 Å². The minimum Gasteiger partial charge on any atom is -0.308 e. The molecular formula is C12H9Br2N3O. The van der Waals surface area contributed by atoms with Crippen molar-refractivity contribution in [2.45, 2.75) is 0 Å². The predicted molar refractivity (Wildman–Crippen MR) is 78.7 cm³/mol. The summed E-state index contributed by atoms with van der Waals surface area (Å²) in [6.07, 6.45) is 1.62. The Morgan fingerprint density at radius 1 is 0.944 bits per heavy atom. The molecule has 2 amide bonds. The van der Waals surface area contributed by atoms with E-state index >= 15 is 0 Å². The average Bonchev–Trinajstić information content (AvgIpc) is 2.35. The summed E-state index contributed by atoms with van der Waals surface area (Å²) < 4.78 is 1.82. The number of anilines is 2. The summed E-state index contributed by atoms with van der Waals surface area (Å²) in [4.78, 5) is 15.7. The van der Waals surface area contributed by atoms with Crippen molar-refractivity contribution in [2.75, 3.05) is 10.6 Å². The van der Waals surface area contributed by atoms with Crippen LogP contribution in [0.15, 0.2) is 51.5 Å². The number of halogens is 2. The van der Waals surface area contributed by atoms with Gasteiger partial charge in [0, 0.05) is 20.8 Å². The van der Waals surface area contributed by atoms with Gasteiger partial charge in [-0.05, 0) is 52.3 Å². The number of hydrogen-bond donors (Lipinski definition) is 2. The summed E-state index contributed by atoms with van der Waals surface area (Å²) >= 11 is 6.61. The van der Waals surface area contributed by atoms with Crippen LogP contribution in [0.1, 0.15) is 0 Å². The van der Waals surface area contributed by atoms with Gasteiger partial charge in [0.2, 0.25) is 0 Å². The van der Waals surface area contributed by atoms with Crippen molar-refractivity contribution in [3.8, 4) is 0 Å². The third kappa shape index (κ3) is 3.82. The topological polar surface area (TPSA) is 54.0 Å². The van der Waals surface area contributed by atoms with E-state index in [-0.39, 0.29) is 6.03 Å². The first kappa shape index (κ1) is 13.0. The number of nitrogens with zero attached hydrogens (tertiary/aromatic N) is 1. The zero-order chi connectivity index (χ0) is 13.0. The van der Waals surface area contributed by atoms with Gasteiger partial charge in [-0.15, -0.1) is 0 Å². The lowest BCUT2D eigenvalue weighted by Crippen LogP contribution is -2.19. The number of amides is 2. The number of pyridine rings is 1. The van der Waals surface area contributed by atoms with Gasteiger partial charge in [-0.3, -0.25) is 5.32 Å². The van der Waals surface area contributed by atoms with E-state index in [0.29, 0.717) is 11.5 Å². The summed E-state index contributed by atoms with van der Waals surface area (Å²) in [5.41, 5.74) is 0.716. The number of hydrogen-bond acceptors (Lipinski definition) is 2. The molecule has 0 aliphatic heterocycles. The maximum absolute atomic E-state index is 11.7. The Hall–Kier alpha value is -1.40. The van der Waals surface area contributed by atoms with E-state index < -0.39 is 0 Å². The lowest BCUT2D eigenvalue weighted by Gasteiger charge is -2.06. The summed E-state index contributed by atoms with van der Waals surface area (Å²) in [6.45, 7) is 0. The van der Waals surface area contributed by atoms with E-state index in [2.05, 4.69) is 47.5 Å². The van der Waals surface area contributed by atoms with Gasteiger partial charge in [0.1, 0.15) is 5.82 Å². The molecule has 0 spiro atoms. The van der Waals surface area contributed by atoms with Crippen molar-refractivity contribution >= 4 is 49.4 Å². The normalized spacial score (nSPS) is 9.89. The molecule has 0 unspecified atom stereocenters. The lowest BCUT2D eigenvalue weighted by molar-refractivity contribution is 0.262. The fraction of sp³-hybridized carbons (Fsp3) is 0. The van der Waals surface area contributed by atoms with E-state index in [0.717, 1.165) is 8.95 Å². The van der Waals surface area contributed by atoms with Crippen LogP contribution in [0.2, 0.25) is 0 Å². The third-order valence-corrected chi connectivity index (χ3v) is 3.07. The van der Waals surface area contributed by atoms with Gasteiger partial charge in [0.05, 0.1) is 0 Å². The fourth-order valence-corrected chi connectivity index (χ4v) is 1.76. The quantitative estimate of drug-likeness (QED) is 0.830. The molecule has 0 aliphatic rings. The number of rotatable bonds is 2. The van der Waals surface area contributed by atoms with E-state index in [4.69, 9.17) is 0 Å². The Kier molecular flexibility index (Phi) is 4.33. The van der Waals surface area contributed by atoms with Crippen molar-refractivity contribution in [1.82, 2.24) is 4.98 Å². The molecule has 0 fully saturated rings. The summed E-state index contributed by atoms with van der Waals surface area (Å²) in [5.74, 6) is 0.493. The molecule has 0 radical (unpaired) electrons. The Bertz CT molecular complexity index is 491. The van der Waals surface area contributed by atoms with Gasteiger partial charge >= 0.3 is 6.03 Å². The van der Waals surface area contributed by atoms with Crippen LogP contribution in [-0.4, -0.2) is 11.0 Å². The van der Waals surface area contributed by atoms with E-state index in [9.17, 15) is 4.79 Å². The minimum absolute atomic E-state index is 0.327. The monoisotopic (exact) mass is 369 g/mol. The number of urea groups is 1. The molecule has 0 bridgehead atoms.